The predicted octanol–water partition coefficient (Wildman–Crippen LogP) is 5.76. The number of amides is 1. The van der Waals surface area contributed by atoms with Crippen molar-refractivity contribution in [1.82, 2.24) is 0 Å². The van der Waals surface area contributed by atoms with Gasteiger partial charge < -0.3 is 14.6 Å². The summed E-state index contributed by atoms with van der Waals surface area (Å²) in [5.74, 6) is -0.565. The number of aliphatic hydroxyl groups excluding tert-OH is 1. The van der Waals surface area contributed by atoms with Crippen LogP contribution in [0.15, 0.2) is 78.4 Å². The minimum Gasteiger partial charge on any atom is -0.507 e. The molecule has 1 aliphatic rings. The molecular formula is C30H28N2O5. The van der Waals surface area contributed by atoms with Crippen molar-refractivity contribution in [3.05, 3.63) is 95.1 Å². The van der Waals surface area contributed by atoms with Gasteiger partial charge in [-0.25, -0.2) is 0 Å². The van der Waals surface area contributed by atoms with E-state index in [0.29, 0.717) is 33.9 Å². The Kier molecular flexibility index (Phi) is 7.30. The van der Waals surface area contributed by atoms with Gasteiger partial charge in [0.15, 0.2) is 0 Å². The Morgan fingerprint density at radius 3 is 1.84 bits per heavy atom. The lowest BCUT2D eigenvalue weighted by Crippen LogP contribution is -2.29. The lowest BCUT2D eigenvalue weighted by atomic mass is 9.95. The molecule has 188 valence electrons. The van der Waals surface area contributed by atoms with Crippen LogP contribution in [-0.2, 0) is 9.59 Å². The highest BCUT2D eigenvalue weighted by Gasteiger charge is 2.47. The maximum atomic E-state index is 13.3. The summed E-state index contributed by atoms with van der Waals surface area (Å²) in [4.78, 5) is 28.0. The van der Waals surface area contributed by atoms with Crippen molar-refractivity contribution in [2.24, 2.45) is 0 Å². The number of rotatable bonds is 7. The van der Waals surface area contributed by atoms with Gasteiger partial charge in [-0.2, -0.15) is 5.26 Å². The fourth-order valence-electron chi connectivity index (χ4n) is 4.23. The second-order valence-electron chi connectivity index (χ2n) is 9.25. The number of benzene rings is 3. The third-order valence-corrected chi connectivity index (χ3v) is 5.79. The van der Waals surface area contributed by atoms with Gasteiger partial charge in [-0.05, 0) is 93.9 Å². The Bertz CT molecular complexity index is 1370. The number of aliphatic hydroxyl groups is 1. The van der Waals surface area contributed by atoms with E-state index in [4.69, 9.17) is 14.7 Å². The molecule has 7 heteroatoms. The van der Waals surface area contributed by atoms with Crippen molar-refractivity contribution in [3.8, 4) is 17.6 Å². The van der Waals surface area contributed by atoms with Crippen molar-refractivity contribution in [2.75, 3.05) is 4.90 Å². The molecule has 0 bridgehead atoms. The summed E-state index contributed by atoms with van der Waals surface area (Å²) in [6, 6.07) is 21.4. The predicted molar refractivity (Wildman–Crippen MR) is 140 cm³/mol. The van der Waals surface area contributed by atoms with E-state index in [1.54, 1.807) is 72.8 Å². The first-order valence-electron chi connectivity index (χ1n) is 12.0. The molecule has 1 atom stereocenters. The van der Waals surface area contributed by atoms with Crippen LogP contribution < -0.4 is 14.4 Å². The smallest absolute Gasteiger partial charge is 0.300 e. The summed E-state index contributed by atoms with van der Waals surface area (Å²) in [5, 5.41) is 20.5. The molecular weight excluding hydrogens is 468 g/mol. The van der Waals surface area contributed by atoms with Crippen LogP contribution in [0.25, 0.3) is 5.76 Å². The monoisotopic (exact) mass is 496 g/mol. The first-order chi connectivity index (χ1) is 17.7. The van der Waals surface area contributed by atoms with Crippen LogP contribution in [0.1, 0.15) is 50.4 Å². The normalized spacial score (nSPS) is 16.8. The molecule has 1 fully saturated rings. The third kappa shape index (κ3) is 5.34. The van der Waals surface area contributed by atoms with Gasteiger partial charge >= 0.3 is 0 Å². The number of Topliss-reactive ketones (excluding diaryl/α,β-unsaturated/α-hetero) is 1. The van der Waals surface area contributed by atoms with Gasteiger partial charge in [0.05, 0.1) is 35.5 Å². The minimum absolute atomic E-state index is 0.0140. The highest BCUT2D eigenvalue weighted by atomic mass is 16.5. The van der Waals surface area contributed by atoms with Gasteiger partial charge in [-0.15, -0.1) is 0 Å². The van der Waals surface area contributed by atoms with E-state index in [1.165, 1.54) is 4.90 Å². The van der Waals surface area contributed by atoms with Crippen molar-refractivity contribution >= 4 is 23.1 Å². The average molecular weight is 497 g/mol. The van der Waals surface area contributed by atoms with Crippen molar-refractivity contribution in [3.63, 3.8) is 0 Å². The number of hydrogen-bond donors (Lipinski definition) is 1. The number of hydrogen-bond acceptors (Lipinski definition) is 6. The summed E-state index contributed by atoms with van der Waals surface area (Å²) in [5.41, 5.74) is 1.85. The molecule has 0 saturated carbocycles. The Balaban J connectivity index is 1.83. The molecule has 1 unspecified atom stereocenters. The minimum atomic E-state index is -0.882. The highest BCUT2D eigenvalue weighted by Crippen LogP contribution is 2.42. The molecule has 7 nitrogen and oxygen atoms in total. The number of carbonyl (C=O) groups is 2. The molecule has 0 radical (unpaired) electrons. The Hall–Kier alpha value is -4.57. The van der Waals surface area contributed by atoms with Gasteiger partial charge in [0.25, 0.3) is 11.7 Å². The zero-order chi connectivity index (χ0) is 26.7. The molecule has 0 aliphatic carbocycles. The van der Waals surface area contributed by atoms with Crippen LogP contribution in [0.2, 0.25) is 0 Å². The van der Waals surface area contributed by atoms with Crippen LogP contribution in [0, 0.1) is 11.3 Å². The fourth-order valence-corrected chi connectivity index (χ4v) is 4.23. The molecule has 1 N–H and O–H groups in total. The molecule has 0 aromatic heterocycles. The first-order valence-corrected chi connectivity index (χ1v) is 12.0. The summed E-state index contributed by atoms with van der Waals surface area (Å²) < 4.78 is 11.4. The van der Waals surface area contributed by atoms with Crippen molar-refractivity contribution in [2.45, 2.75) is 45.9 Å². The number of ketones is 1. The van der Waals surface area contributed by atoms with Gasteiger partial charge in [-0.3, -0.25) is 14.5 Å². The van der Waals surface area contributed by atoms with Crippen molar-refractivity contribution in [1.29, 1.82) is 5.26 Å². The highest BCUT2D eigenvalue weighted by molar-refractivity contribution is 6.51. The van der Waals surface area contributed by atoms with Crippen LogP contribution >= 0.6 is 0 Å². The topological polar surface area (TPSA) is 99.9 Å². The van der Waals surface area contributed by atoms with E-state index < -0.39 is 17.7 Å². The van der Waals surface area contributed by atoms with E-state index in [1.807, 2.05) is 27.7 Å². The number of anilines is 1. The third-order valence-electron chi connectivity index (χ3n) is 5.79. The van der Waals surface area contributed by atoms with E-state index >= 15 is 0 Å². The zero-order valence-electron chi connectivity index (χ0n) is 21.1. The van der Waals surface area contributed by atoms with Gasteiger partial charge in [0.2, 0.25) is 0 Å². The first kappa shape index (κ1) is 25.5. The molecule has 3 aromatic rings. The second kappa shape index (κ2) is 10.6. The van der Waals surface area contributed by atoms with E-state index in [0.717, 1.165) is 0 Å². The molecule has 1 amide bonds. The second-order valence-corrected chi connectivity index (χ2v) is 9.25. The molecule has 3 aromatic carbocycles. The Labute approximate surface area is 216 Å². The average Bonchev–Trinajstić information content (AvgIpc) is 3.14. The summed E-state index contributed by atoms with van der Waals surface area (Å²) in [7, 11) is 0. The molecule has 1 aliphatic heterocycles. The number of nitrogens with zero attached hydrogens (tertiary/aromatic N) is 2. The molecule has 37 heavy (non-hydrogen) atoms. The van der Waals surface area contributed by atoms with Crippen LogP contribution in [0.5, 0.6) is 11.5 Å². The fraction of sp³-hybridized carbons (Fsp3) is 0.233. The van der Waals surface area contributed by atoms with Crippen LogP contribution in [0.4, 0.5) is 5.69 Å². The van der Waals surface area contributed by atoms with Gasteiger partial charge in [-0.1, -0.05) is 12.1 Å². The van der Waals surface area contributed by atoms with Gasteiger partial charge in [0, 0.05) is 11.3 Å². The summed E-state index contributed by atoms with van der Waals surface area (Å²) >= 11 is 0. The van der Waals surface area contributed by atoms with E-state index in [9.17, 15) is 14.7 Å². The number of nitriles is 1. The van der Waals surface area contributed by atoms with Crippen LogP contribution in [0.3, 0.4) is 0 Å². The molecule has 1 saturated heterocycles. The SMILES string of the molecule is CC(C)Oc1ccc(/C(O)=C2\C(=O)C(=O)N(c3ccc(C#N)cc3)C2c2ccc(OC(C)C)cc2)cc1. The molecule has 0 spiro atoms. The maximum absolute atomic E-state index is 13.3. The zero-order valence-corrected chi connectivity index (χ0v) is 21.1. The lowest BCUT2D eigenvalue weighted by Gasteiger charge is -2.25. The molecule has 4 rings (SSSR count). The Morgan fingerprint density at radius 2 is 1.35 bits per heavy atom. The quantitative estimate of drug-likeness (QED) is 0.254. The molecule has 1 heterocycles. The van der Waals surface area contributed by atoms with Crippen molar-refractivity contribution < 1.29 is 24.2 Å². The van der Waals surface area contributed by atoms with Crippen LogP contribution in [-0.4, -0.2) is 29.0 Å². The largest absolute Gasteiger partial charge is 0.507 e. The van der Waals surface area contributed by atoms with E-state index in [2.05, 4.69) is 6.07 Å². The Morgan fingerprint density at radius 1 is 0.838 bits per heavy atom. The number of carbonyl (C=O) groups excluding carboxylic acids is 2. The maximum Gasteiger partial charge on any atom is 0.300 e. The summed E-state index contributed by atoms with van der Waals surface area (Å²) in [6.45, 7) is 7.67. The standard InChI is InChI=1S/C30H28N2O5/c1-18(2)36-24-13-7-21(8-14-24)27-26(28(33)22-9-15-25(16-10-22)37-19(3)4)29(34)30(35)32(27)23-11-5-20(17-31)6-12-23/h5-16,18-19,27,33H,1-4H3/b28-26+. The number of ether oxygens (including phenoxy) is 2. The van der Waals surface area contributed by atoms with E-state index in [-0.39, 0.29) is 23.5 Å². The van der Waals surface area contributed by atoms with Gasteiger partial charge in [0.1, 0.15) is 17.3 Å². The summed E-state index contributed by atoms with van der Waals surface area (Å²) in [6.07, 6.45) is -0.0300. The lowest BCUT2D eigenvalue weighted by molar-refractivity contribution is -0.132.